The van der Waals surface area contributed by atoms with Gasteiger partial charge in [-0.1, -0.05) is 11.6 Å². The summed E-state index contributed by atoms with van der Waals surface area (Å²) in [7, 11) is 0. The van der Waals surface area contributed by atoms with E-state index in [-0.39, 0.29) is 0 Å². The fraction of sp³-hybridized carbons (Fsp3) is 0.0909. The van der Waals surface area contributed by atoms with E-state index in [1.54, 1.807) is 22.7 Å². The van der Waals surface area contributed by atoms with Crippen molar-refractivity contribution in [3.8, 4) is 10.4 Å². The first-order chi connectivity index (χ1) is 7.75. The molecule has 0 aliphatic carbocycles. The Morgan fingerprint density at radius 1 is 1.25 bits per heavy atom. The molecule has 0 N–H and O–H groups in total. The van der Waals surface area contributed by atoms with Crippen LogP contribution in [0.1, 0.15) is 5.01 Å². The molecule has 0 fully saturated rings. The summed E-state index contributed by atoms with van der Waals surface area (Å²) in [4.78, 5) is 9.79. The fourth-order valence-corrected chi connectivity index (χ4v) is 3.41. The minimum absolute atomic E-state index is 0.766. The Morgan fingerprint density at radius 2 is 2.12 bits per heavy atom. The van der Waals surface area contributed by atoms with Crippen molar-refractivity contribution >= 4 is 44.5 Å². The number of aromatic nitrogens is 2. The topological polar surface area (TPSA) is 25.8 Å². The number of halogens is 1. The van der Waals surface area contributed by atoms with Gasteiger partial charge in [-0.15, -0.1) is 22.7 Å². The maximum atomic E-state index is 6.12. The lowest BCUT2D eigenvalue weighted by molar-refractivity contribution is 1.30. The minimum atomic E-state index is 0.766. The van der Waals surface area contributed by atoms with Gasteiger partial charge in [0.05, 0.1) is 30.6 Å². The number of benzene rings is 1. The first-order valence-electron chi connectivity index (χ1n) is 4.70. The van der Waals surface area contributed by atoms with Crippen LogP contribution in [0.2, 0.25) is 5.02 Å². The summed E-state index contributed by atoms with van der Waals surface area (Å²) in [6, 6.07) is 3.93. The van der Waals surface area contributed by atoms with Crippen LogP contribution in [0.3, 0.4) is 0 Å². The average Bonchev–Trinajstić information content (AvgIpc) is 2.87. The van der Waals surface area contributed by atoms with Crippen molar-refractivity contribution in [2.24, 2.45) is 0 Å². The minimum Gasteiger partial charge on any atom is -0.249 e. The van der Waals surface area contributed by atoms with Crippen LogP contribution in [-0.4, -0.2) is 9.97 Å². The molecule has 3 aromatic rings. The van der Waals surface area contributed by atoms with Crippen LogP contribution in [0.15, 0.2) is 23.8 Å². The molecule has 0 saturated heterocycles. The number of nitrogens with zero attached hydrogens (tertiary/aromatic N) is 2. The molecule has 0 amide bonds. The summed E-state index contributed by atoms with van der Waals surface area (Å²) in [5.74, 6) is 0. The Morgan fingerprint density at radius 3 is 2.88 bits per heavy atom. The van der Waals surface area contributed by atoms with Crippen LogP contribution in [-0.2, 0) is 0 Å². The fourth-order valence-electron chi connectivity index (χ4n) is 1.60. The lowest BCUT2D eigenvalue weighted by Gasteiger charge is -1.99. The smallest absolute Gasteiger partial charge is 0.0914 e. The summed E-state index contributed by atoms with van der Waals surface area (Å²) < 4.78 is 1.05. The van der Waals surface area contributed by atoms with Gasteiger partial charge < -0.3 is 0 Å². The van der Waals surface area contributed by atoms with E-state index in [1.165, 1.54) is 0 Å². The summed E-state index contributed by atoms with van der Waals surface area (Å²) >= 11 is 9.37. The van der Waals surface area contributed by atoms with Gasteiger partial charge in [-0.2, -0.15) is 0 Å². The molecular weight excluding hydrogens is 260 g/mol. The first-order valence-corrected chi connectivity index (χ1v) is 6.77. The monoisotopic (exact) mass is 266 g/mol. The maximum absolute atomic E-state index is 6.12. The highest BCUT2D eigenvalue weighted by Gasteiger charge is 2.11. The van der Waals surface area contributed by atoms with Crippen LogP contribution >= 0.6 is 34.3 Å². The first kappa shape index (κ1) is 10.2. The molecule has 0 aliphatic heterocycles. The molecule has 0 atom stereocenters. The Bertz CT molecular complexity index is 657. The number of thiazole rings is 2. The molecular formula is C11H7ClN2S2. The van der Waals surface area contributed by atoms with Gasteiger partial charge in [0.25, 0.3) is 0 Å². The number of aryl methyl sites for hydroxylation is 1. The van der Waals surface area contributed by atoms with E-state index in [2.05, 4.69) is 9.97 Å². The Balaban J connectivity index is 2.32. The van der Waals surface area contributed by atoms with E-state index in [9.17, 15) is 0 Å². The second-order valence-electron chi connectivity index (χ2n) is 3.37. The number of rotatable bonds is 1. The molecule has 16 heavy (non-hydrogen) atoms. The predicted molar refractivity (Wildman–Crippen MR) is 70.5 cm³/mol. The summed E-state index contributed by atoms with van der Waals surface area (Å²) in [5, 5.41) is 1.83. The zero-order valence-electron chi connectivity index (χ0n) is 8.40. The molecule has 2 aromatic heterocycles. The molecule has 2 heterocycles. The Labute approximate surface area is 106 Å². The Hall–Kier alpha value is -0.970. The van der Waals surface area contributed by atoms with Crippen molar-refractivity contribution in [2.75, 3.05) is 0 Å². The second kappa shape index (κ2) is 3.80. The zero-order valence-corrected chi connectivity index (χ0v) is 10.8. The molecule has 1 aromatic carbocycles. The normalized spacial score (nSPS) is 11.1. The SMILES string of the molecule is Cc1ncc(-c2ccc(Cl)c3scnc23)s1. The van der Waals surface area contributed by atoms with E-state index >= 15 is 0 Å². The molecule has 0 unspecified atom stereocenters. The predicted octanol–water partition coefficient (Wildman–Crippen LogP) is 4.38. The quantitative estimate of drug-likeness (QED) is 0.653. The molecule has 0 bridgehead atoms. The molecule has 0 saturated carbocycles. The van der Waals surface area contributed by atoms with Gasteiger partial charge in [-0.05, 0) is 19.1 Å². The Kier molecular flexibility index (Phi) is 2.42. The number of fused-ring (bicyclic) bond motifs is 1. The largest absolute Gasteiger partial charge is 0.249 e. The van der Waals surface area contributed by atoms with Gasteiger partial charge in [0.15, 0.2) is 0 Å². The summed E-state index contributed by atoms with van der Waals surface area (Å²) in [6.07, 6.45) is 1.89. The molecule has 0 spiro atoms. The van der Waals surface area contributed by atoms with Crippen LogP contribution in [0.5, 0.6) is 0 Å². The van der Waals surface area contributed by atoms with E-state index in [0.29, 0.717) is 0 Å². The van der Waals surface area contributed by atoms with Gasteiger partial charge in [0.1, 0.15) is 0 Å². The highest BCUT2D eigenvalue weighted by molar-refractivity contribution is 7.18. The van der Waals surface area contributed by atoms with Crippen molar-refractivity contribution in [2.45, 2.75) is 6.92 Å². The van der Waals surface area contributed by atoms with Gasteiger partial charge in [0, 0.05) is 11.8 Å². The number of hydrogen-bond donors (Lipinski definition) is 0. The van der Waals surface area contributed by atoms with Crippen LogP contribution in [0.4, 0.5) is 0 Å². The van der Waals surface area contributed by atoms with E-state index in [0.717, 1.165) is 30.7 Å². The van der Waals surface area contributed by atoms with Crippen molar-refractivity contribution in [3.05, 3.63) is 33.9 Å². The summed E-state index contributed by atoms with van der Waals surface area (Å²) in [5.41, 5.74) is 3.92. The van der Waals surface area contributed by atoms with E-state index < -0.39 is 0 Å². The molecule has 5 heteroatoms. The lowest BCUT2D eigenvalue weighted by atomic mass is 10.2. The third-order valence-corrected chi connectivity index (χ3v) is 4.56. The van der Waals surface area contributed by atoms with Gasteiger partial charge in [-0.25, -0.2) is 9.97 Å². The van der Waals surface area contributed by atoms with Crippen molar-refractivity contribution in [1.29, 1.82) is 0 Å². The van der Waals surface area contributed by atoms with Gasteiger partial charge in [0.2, 0.25) is 0 Å². The highest BCUT2D eigenvalue weighted by Crippen LogP contribution is 2.36. The average molecular weight is 267 g/mol. The van der Waals surface area contributed by atoms with Crippen molar-refractivity contribution in [1.82, 2.24) is 9.97 Å². The highest BCUT2D eigenvalue weighted by atomic mass is 35.5. The van der Waals surface area contributed by atoms with Crippen molar-refractivity contribution < 1.29 is 0 Å². The molecule has 0 radical (unpaired) electrons. The lowest BCUT2D eigenvalue weighted by Crippen LogP contribution is -1.77. The standard InChI is InChI=1S/C11H7ClN2S2/c1-6-13-4-9(16-6)7-2-3-8(12)11-10(7)14-5-15-11/h2-5H,1H3. The van der Waals surface area contributed by atoms with Gasteiger partial charge >= 0.3 is 0 Å². The van der Waals surface area contributed by atoms with Crippen LogP contribution in [0, 0.1) is 6.92 Å². The third kappa shape index (κ3) is 1.54. The van der Waals surface area contributed by atoms with Crippen LogP contribution < -0.4 is 0 Å². The van der Waals surface area contributed by atoms with Gasteiger partial charge in [-0.3, -0.25) is 0 Å². The molecule has 3 rings (SSSR count). The maximum Gasteiger partial charge on any atom is 0.0914 e. The van der Waals surface area contributed by atoms with E-state index in [4.69, 9.17) is 11.6 Å². The molecule has 2 nitrogen and oxygen atoms in total. The van der Waals surface area contributed by atoms with Crippen molar-refractivity contribution in [3.63, 3.8) is 0 Å². The summed E-state index contributed by atoms with van der Waals surface area (Å²) in [6.45, 7) is 2.00. The zero-order chi connectivity index (χ0) is 11.1. The third-order valence-electron chi connectivity index (χ3n) is 2.32. The number of hydrogen-bond acceptors (Lipinski definition) is 4. The second-order valence-corrected chi connectivity index (χ2v) is 5.87. The molecule has 80 valence electrons. The van der Waals surface area contributed by atoms with Crippen LogP contribution in [0.25, 0.3) is 20.7 Å². The molecule has 0 aliphatic rings. The van der Waals surface area contributed by atoms with E-state index in [1.807, 2.05) is 30.8 Å².